The van der Waals surface area contributed by atoms with E-state index in [4.69, 9.17) is 0 Å². The first kappa shape index (κ1) is 21.9. The Morgan fingerprint density at radius 2 is 1.83 bits per heavy atom. The zero-order valence-electron chi connectivity index (χ0n) is 19.7. The Bertz CT molecular complexity index is 631. The Morgan fingerprint density at radius 3 is 2.55 bits per heavy atom. The van der Waals surface area contributed by atoms with Gasteiger partial charge in [-0.1, -0.05) is 52.7 Å². The van der Waals surface area contributed by atoms with E-state index in [1.165, 1.54) is 51.4 Å². The molecule has 3 saturated carbocycles. The molecular weight excluding hydrogens is 356 g/mol. The van der Waals surface area contributed by atoms with Crippen LogP contribution in [-0.4, -0.2) is 22.4 Å². The smallest absolute Gasteiger partial charge is 0.0588 e. The molecule has 6 unspecified atom stereocenters. The number of allylic oxidation sites excluding steroid dienone is 1. The topological polar surface area (TPSA) is 40.5 Å². The highest BCUT2D eigenvalue weighted by molar-refractivity contribution is 5.25. The molecule has 166 valence electrons. The maximum absolute atomic E-state index is 10.4. The van der Waals surface area contributed by atoms with Crippen molar-refractivity contribution in [3.63, 3.8) is 0 Å². The fraction of sp³-hybridized carbons (Fsp3) is 0.926. The van der Waals surface area contributed by atoms with Crippen molar-refractivity contribution in [2.24, 2.45) is 39.9 Å². The van der Waals surface area contributed by atoms with Crippen LogP contribution in [0.2, 0.25) is 0 Å². The van der Waals surface area contributed by atoms with Gasteiger partial charge in [0.25, 0.3) is 0 Å². The minimum Gasteiger partial charge on any atom is -0.393 e. The summed E-state index contributed by atoms with van der Waals surface area (Å²) in [5.74, 6) is 3.45. The summed E-state index contributed by atoms with van der Waals surface area (Å²) in [6, 6.07) is 0. The molecule has 29 heavy (non-hydrogen) atoms. The van der Waals surface area contributed by atoms with Crippen molar-refractivity contribution in [2.75, 3.05) is 0 Å². The number of aliphatic hydroxyl groups excluding tert-OH is 2. The second-order valence-electron chi connectivity index (χ2n) is 12.8. The van der Waals surface area contributed by atoms with Crippen LogP contribution in [-0.2, 0) is 0 Å². The molecule has 8 atom stereocenters. The zero-order chi connectivity index (χ0) is 21.0. The summed E-state index contributed by atoms with van der Waals surface area (Å²) in [5, 5.41) is 20.6. The predicted molar refractivity (Wildman–Crippen MR) is 121 cm³/mol. The summed E-state index contributed by atoms with van der Waals surface area (Å²) in [4.78, 5) is 0. The van der Waals surface area contributed by atoms with E-state index in [-0.39, 0.29) is 17.6 Å². The number of aliphatic hydroxyl groups is 2. The lowest BCUT2D eigenvalue weighted by atomic mass is 9.47. The molecule has 0 amide bonds. The number of hydrogen-bond donors (Lipinski definition) is 2. The van der Waals surface area contributed by atoms with Gasteiger partial charge in [0.2, 0.25) is 0 Å². The van der Waals surface area contributed by atoms with Crippen molar-refractivity contribution in [2.45, 2.75) is 117 Å². The lowest BCUT2D eigenvalue weighted by molar-refractivity contribution is -0.0514. The van der Waals surface area contributed by atoms with Crippen LogP contribution in [0, 0.1) is 39.9 Å². The van der Waals surface area contributed by atoms with E-state index < -0.39 is 0 Å². The molecular formula is C27H46O2. The van der Waals surface area contributed by atoms with E-state index in [9.17, 15) is 10.2 Å². The quantitative estimate of drug-likeness (QED) is 0.527. The fourth-order valence-electron chi connectivity index (χ4n) is 8.22. The van der Waals surface area contributed by atoms with Crippen LogP contribution >= 0.6 is 0 Å². The minimum absolute atomic E-state index is 0.00926. The molecule has 0 radical (unpaired) electrons. The Labute approximate surface area is 179 Å². The van der Waals surface area contributed by atoms with Crippen LogP contribution in [0.3, 0.4) is 0 Å². The molecule has 0 bridgehead atoms. The van der Waals surface area contributed by atoms with E-state index in [1.54, 1.807) is 5.57 Å². The molecule has 2 nitrogen and oxygen atoms in total. The fourth-order valence-corrected chi connectivity index (χ4v) is 8.22. The number of rotatable bonds is 4. The Hall–Kier alpha value is -0.340. The van der Waals surface area contributed by atoms with Gasteiger partial charge in [-0.3, -0.25) is 0 Å². The Balaban J connectivity index is 1.43. The van der Waals surface area contributed by atoms with Crippen molar-refractivity contribution in [1.29, 1.82) is 0 Å². The molecule has 4 aliphatic rings. The van der Waals surface area contributed by atoms with Crippen molar-refractivity contribution >= 4 is 0 Å². The van der Waals surface area contributed by atoms with Crippen LogP contribution in [0.5, 0.6) is 0 Å². The average Bonchev–Trinajstić information content (AvgIpc) is 2.98. The summed E-state index contributed by atoms with van der Waals surface area (Å²) in [6.07, 6.45) is 15.7. The SMILES string of the molecule is CC12CCC(O)CC1=CCC1C2CCC2(C)C1CC[C@@H]2CCC[C@@H](O)C(C)(C)C. The second kappa shape index (κ2) is 7.66. The number of fused-ring (bicyclic) bond motifs is 5. The van der Waals surface area contributed by atoms with Crippen LogP contribution in [0.15, 0.2) is 11.6 Å². The minimum atomic E-state index is -0.174. The summed E-state index contributed by atoms with van der Waals surface area (Å²) in [5.41, 5.74) is 2.48. The van der Waals surface area contributed by atoms with Gasteiger partial charge >= 0.3 is 0 Å². The largest absolute Gasteiger partial charge is 0.393 e. The Morgan fingerprint density at radius 1 is 1.07 bits per heavy atom. The van der Waals surface area contributed by atoms with Gasteiger partial charge in [-0.05, 0) is 104 Å². The third kappa shape index (κ3) is 3.75. The molecule has 0 aromatic carbocycles. The van der Waals surface area contributed by atoms with E-state index in [0.29, 0.717) is 10.8 Å². The van der Waals surface area contributed by atoms with Crippen molar-refractivity contribution in [3.8, 4) is 0 Å². The first-order valence-corrected chi connectivity index (χ1v) is 12.6. The molecule has 4 rings (SSSR count). The highest BCUT2D eigenvalue weighted by Crippen LogP contribution is 2.66. The maximum Gasteiger partial charge on any atom is 0.0588 e. The summed E-state index contributed by atoms with van der Waals surface area (Å²) in [6.45, 7) is 11.6. The van der Waals surface area contributed by atoms with Crippen LogP contribution in [0.25, 0.3) is 0 Å². The monoisotopic (exact) mass is 402 g/mol. The molecule has 0 aliphatic heterocycles. The van der Waals surface area contributed by atoms with E-state index in [1.807, 2.05) is 0 Å². The second-order valence-corrected chi connectivity index (χ2v) is 12.8. The van der Waals surface area contributed by atoms with Crippen LogP contribution in [0.1, 0.15) is 105 Å². The summed E-state index contributed by atoms with van der Waals surface area (Å²) < 4.78 is 0. The van der Waals surface area contributed by atoms with Crippen molar-refractivity contribution in [1.82, 2.24) is 0 Å². The number of hydrogen-bond acceptors (Lipinski definition) is 2. The molecule has 2 heteroatoms. The highest BCUT2D eigenvalue weighted by atomic mass is 16.3. The third-order valence-electron chi connectivity index (χ3n) is 10.3. The molecule has 0 aromatic heterocycles. The molecule has 2 N–H and O–H groups in total. The average molecular weight is 403 g/mol. The maximum atomic E-state index is 10.4. The molecule has 0 saturated heterocycles. The van der Waals surface area contributed by atoms with Gasteiger partial charge in [0.05, 0.1) is 12.2 Å². The molecule has 0 aromatic rings. The highest BCUT2D eigenvalue weighted by Gasteiger charge is 2.58. The summed E-state index contributed by atoms with van der Waals surface area (Å²) >= 11 is 0. The third-order valence-corrected chi connectivity index (χ3v) is 10.3. The molecule has 4 aliphatic carbocycles. The van der Waals surface area contributed by atoms with Crippen LogP contribution < -0.4 is 0 Å². The van der Waals surface area contributed by atoms with Gasteiger partial charge in [-0.15, -0.1) is 0 Å². The standard InChI is InChI=1S/C27H46O2/c1-25(2,3)24(29)8-6-7-18-10-12-22-21-11-9-19-17-20(28)13-15-27(19,5)23(21)14-16-26(18,22)4/h9,18,20-24,28-29H,6-8,10-17H2,1-5H3/t18-,20?,21?,22?,23?,24+,26?,27?/m0/s1. The van der Waals surface area contributed by atoms with Gasteiger partial charge in [-0.2, -0.15) is 0 Å². The molecule has 3 fully saturated rings. The van der Waals surface area contributed by atoms with Gasteiger partial charge in [-0.25, -0.2) is 0 Å². The first-order chi connectivity index (χ1) is 13.6. The molecule has 0 spiro atoms. The van der Waals surface area contributed by atoms with Crippen molar-refractivity contribution < 1.29 is 10.2 Å². The van der Waals surface area contributed by atoms with E-state index >= 15 is 0 Å². The van der Waals surface area contributed by atoms with Gasteiger partial charge in [0.15, 0.2) is 0 Å². The van der Waals surface area contributed by atoms with Gasteiger partial charge in [0.1, 0.15) is 0 Å². The lowest BCUT2D eigenvalue weighted by Gasteiger charge is -2.58. The van der Waals surface area contributed by atoms with Crippen molar-refractivity contribution in [3.05, 3.63) is 11.6 Å². The normalized spacial score (nSPS) is 45.8. The summed E-state index contributed by atoms with van der Waals surface area (Å²) in [7, 11) is 0. The first-order valence-electron chi connectivity index (χ1n) is 12.6. The molecule has 0 heterocycles. The zero-order valence-corrected chi connectivity index (χ0v) is 19.7. The Kier molecular flexibility index (Phi) is 5.78. The van der Waals surface area contributed by atoms with E-state index in [0.717, 1.165) is 42.9 Å². The van der Waals surface area contributed by atoms with E-state index in [2.05, 4.69) is 40.7 Å². The van der Waals surface area contributed by atoms with Gasteiger partial charge < -0.3 is 10.2 Å². The predicted octanol–water partition coefficient (Wildman–Crippen LogP) is 6.50. The lowest BCUT2D eigenvalue weighted by Crippen LogP contribution is -2.50. The van der Waals surface area contributed by atoms with Crippen LogP contribution in [0.4, 0.5) is 0 Å². The van der Waals surface area contributed by atoms with Gasteiger partial charge in [0, 0.05) is 0 Å².